The van der Waals surface area contributed by atoms with Crippen LogP contribution in [0.5, 0.6) is 17.2 Å². The highest BCUT2D eigenvalue weighted by Gasteiger charge is 2.18. The Morgan fingerprint density at radius 3 is 2.50 bits per heavy atom. The van der Waals surface area contributed by atoms with Crippen LogP contribution < -0.4 is 10.2 Å². The van der Waals surface area contributed by atoms with Crippen molar-refractivity contribution in [2.24, 2.45) is 0 Å². The van der Waals surface area contributed by atoms with Gasteiger partial charge in [0.2, 0.25) is 0 Å². The molecule has 3 aromatic rings. The molecule has 0 unspecified atom stereocenters. The average molecular weight is 435 g/mol. The lowest BCUT2D eigenvalue weighted by Gasteiger charge is -2.12. The van der Waals surface area contributed by atoms with E-state index in [2.05, 4.69) is 19.9 Å². The van der Waals surface area contributed by atoms with Crippen molar-refractivity contribution in [1.82, 2.24) is 0 Å². The van der Waals surface area contributed by atoms with Gasteiger partial charge in [-0.3, -0.25) is 4.79 Å². The summed E-state index contributed by atoms with van der Waals surface area (Å²) in [6.45, 7) is 8.12. The molecule has 0 fully saturated rings. The van der Waals surface area contributed by atoms with Crippen LogP contribution in [0.1, 0.15) is 44.7 Å². The zero-order chi connectivity index (χ0) is 23.4. The number of benzene rings is 2. The van der Waals surface area contributed by atoms with E-state index in [1.807, 2.05) is 32.1 Å². The zero-order valence-electron chi connectivity index (χ0n) is 19.3. The van der Waals surface area contributed by atoms with Crippen molar-refractivity contribution in [2.75, 3.05) is 7.11 Å². The fraction of sp³-hybridized carbons (Fsp3) is 0.296. The number of methoxy groups -OCH3 is 1. The van der Waals surface area contributed by atoms with Crippen LogP contribution >= 0.6 is 0 Å². The van der Waals surface area contributed by atoms with E-state index in [0.29, 0.717) is 29.1 Å². The maximum Gasteiger partial charge on any atom is 0.197 e. The molecule has 0 aliphatic rings. The predicted molar refractivity (Wildman–Crippen MR) is 129 cm³/mol. The van der Waals surface area contributed by atoms with Crippen molar-refractivity contribution in [3.63, 3.8) is 0 Å². The first kappa shape index (κ1) is 23.2. The van der Waals surface area contributed by atoms with Crippen LogP contribution in [-0.2, 0) is 6.42 Å². The van der Waals surface area contributed by atoms with Gasteiger partial charge in [-0.05, 0) is 58.6 Å². The van der Waals surface area contributed by atoms with Crippen molar-refractivity contribution >= 4 is 11.0 Å². The second-order valence-corrected chi connectivity index (χ2v) is 8.33. The Balaban J connectivity index is 2.09. The van der Waals surface area contributed by atoms with E-state index in [9.17, 15) is 15.0 Å². The van der Waals surface area contributed by atoms with E-state index in [1.165, 1.54) is 23.3 Å². The number of fused-ring (bicyclic) bond motifs is 1. The summed E-state index contributed by atoms with van der Waals surface area (Å²) in [5.74, 6) is 0.618. The first-order chi connectivity index (χ1) is 15.2. The first-order valence-corrected chi connectivity index (χ1v) is 10.7. The van der Waals surface area contributed by atoms with E-state index in [0.717, 1.165) is 18.4 Å². The van der Waals surface area contributed by atoms with E-state index < -0.39 is 0 Å². The normalized spacial score (nSPS) is 11.6. The van der Waals surface area contributed by atoms with Crippen molar-refractivity contribution in [2.45, 2.75) is 47.0 Å². The molecule has 0 amide bonds. The van der Waals surface area contributed by atoms with Gasteiger partial charge < -0.3 is 19.4 Å². The second-order valence-electron chi connectivity index (χ2n) is 8.33. The summed E-state index contributed by atoms with van der Waals surface area (Å²) in [7, 11) is 1.59. The maximum absolute atomic E-state index is 12.9. The lowest BCUT2D eigenvalue weighted by Crippen LogP contribution is -2.03. The van der Waals surface area contributed by atoms with Gasteiger partial charge in [0.25, 0.3) is 0 Å². The molecule has 0 radical (unpaired) electrons. The summed E-state index contributed by atoms with van der Waals surface area (Å²) in [5, 5.41) is 20.9. The summed E-state index contributed by atoms with van der Waals surface area (Å²) in [6.07, 6.45) is 6.44. The van der Waals surface area contributed by atoms with Crippen molar-refractivity contribution in [1.29, 1.82) is 0 Å². The molecule has 0 bridgehead atoms. The summed E-state index contributed by atoms with van der Waals surface area (Å²) in [6, 6.07) is 8.09. The fourth-order valence-electron chi connectivity index (χ4n) is 3.63. The van der Waals surface area contributed by atoms with Gasteiger partial charge in [-0.15, -0.1) is 0 Å². The van der Waals surface area contributed by atoms with Crippen molar-refractivity contribution in [3.05, 3.63) is 75.0 Å². The molecule has 0 atom stereocenters. The quantitative estimate of drug-likeness (QED) is 0.419. The van der Waals surface area contributed by atoms with Crippen LogP contribution in [0.2, 0.25) is 0 Å². The third-order valence-corrected chi connectivity index (χ3v) is 5.50. The van der Waals surface area contributed by atoms with Crippen LogP contribution in [0.15, 0.2) is 62.8 Å². The van der Waals surface area contributed by atoms with Crippen molar-refractivity contribution < 1.29 is 19.4 Å². The number of phenols is 2. The highest BCUT2D eigenvalue weighted by atomic mass is 16.5. The molecule has 168 valence electrons. The van der Waals surface area contributed by atoms with Gasteiger partial charge >= 0.3 is 0 Å². The summed E-state index contributed by atoms with van der Waals surface area (Å²) in [4.78, 5) is 12.9. The molecule has 2 N–H and O–H groups in total. The topological polar surface area (TPSA) is 79.9 Å². The van der Waals surface area contributed by atoms with Crippen LogP contribution in [0.3, 0.4) is 0 Å². The maximum atomic E-state index is 12.9. The smallest absolute Gasteiger partial charge is 0.197 e. The Kier molecular flexibility index (Phi) is 7.08. The third kappa shape index (κ3) is 5.05. The van der Waals surface area contributed by atoms with Gasteiger partial charge in [0.15, 0.2) is 5.43 Å². The number of aryl methyl sites for hydroxylation is 1. The van der Waals surface area contributed by atoms with E-state index >= 15 is 0 Å². The molecule has 0 spiro atoms. The first-order valence-electron chi connectivity index (χ1n) is 10.7. The largest absolute Gasteiger partial charge is 0.507 e. The Morgan fingerprint density at radius 2 is 1.81 bits per heavy atom. The summed E-state index contributed by atoms with van der Waals surface area (Å²) < 4.78 is 11.5. The highest BCUT2D eigenvalue weighted by molar-refractivity contribution is 5.89. The minimum atomic E-state index is -0.371. The lowest BCUT2D eigenvalue weighted by molar-refractivity contribution is 0.411. The Morgan fingerprint density at radius 1 is 1.06 bits per heavy atom. The number of phenolic OH excluding ortho intramolecular Hbond substituents is 2. The fourth-order valence-corrected chi connectivity index (χ4v) is 3.63. The van der Waals surface area contributed by atoms with Gasteiger partial charge in [0, 0.05) is 23.3 Å². The standard InChI is InChI=1S/C27H30O5/c1-16(2)7-6-8-17(3)9-12-20-21(28)14-22(29)26-23(30)15-25(32-27(20)26)19-11-10-18(4)24(13-19)31-5/h7,9-11,13-15,28-29H,6,8,12H2,1-5H3/b17-9+. The molecule has 5 nitrogen and oxygen atoms in total. The van der Waals surface area contributed by atoms with E-state index in [1.54, 1.807) is 13.2 Å². The molecule has 0 saturated carbocycles. The molecular formula is C27H30O5. The monoisotopic (exact) mass is 434 g/mol. The number of hydrogen-bond donors (Lipinski definition) is 2. The third-order valence-electron chi connectivity index (χ3n) is 5.50. The van der Waals surface area contributed by atoms with E-state index in [4.69, 9.17) is 9.15 Å². The molecule has 0 aliphatic heterocycles. The highest BCUT2D eigenvalue weighted by Crippen LogP contribution is 2.36. The predicted octanol–water partition coefficient (Wildman–Crippen LogP) is 6.42. The molecule has 3 rings (SSSR count). The second kappa shape index (κ2) is 9.77. The Bertz CT molecular complexity index is 1260. The Hall–Kier alpha value is -3.47. The number of rotatable bonds is 7. The van der Waals surface area contributed by atoms with E-state index in [-0.39, 0.29) is 27.9 Å². The molecule has 32 heavy (non-hydrogen) atoms. The van der Waals surface area contributed by atoms with Crippen LogP contribution in [0.25, 0.3) is 22.3 Å². The molecule has 0 saturated heterocycles. The number of hydrogen-bond acceptors (Lipinski definition) is 5. The van der Waals surface area contributed by atoms with Crippen molar-refractivity contribution in [3.8, 4) is 28.6 Å². The number of ether oxygens (including phenoxy) is 1. The number of aromatic hydroxyl groups is 2. The van der Waals surface area contributed by atoms with Gasteiger partial charge in [-0.2, -0.15) is 0 Å². The Labute approximate surface area is 188 Å². The minimum Gasteiger partial charge on any atom is -0.507 e. The summed E-state index contributed by atoms with van der Waals surface area (Å²) >= 11 is 0. The molecule has 0 aliphatic carbocycles. The SMILES string of the molecule is COc1cc(-c2cc(=O)c3c(O)cc(O)c(C/C=C(\C)CCC=C(C)C)c3o2)ccc1C. The van der Waals surface area contributed by atoms with Gasteiger partial charge in [-0.1, -0.05) is 35.4 Å². The molecule has 2 aromatic carbocycles. The van der Waals surface area contributed by atoms with Crippen LogP contribution in [0, 0.1) is 6.92 Å². The molecule has 1 heterocycles. The van der Waals surface area contributed by atoms with Gasteiger partial charge in [-0.25, -0.2) is 0 Å². The van der Waals surface area contributed by atoms with Crippen LogP contribution in [-0.4, -0.2) is 17.3 Å². The summed E-state index contributed by atoms with van der Waals surface area (Å²) in [5.41, 5.74) is 4.38. The molecular weight excluding hydrogens is 404 g/mol. The van der Waals surface area contributed by atoms with Gasteiger partial charge in [0.1, 0.15) is 34.0 Å². The lowest BCUT2D eigenvalue weighted by atomic mass is 10.0. The molecule has 5 heteroatoms. The zero-order valence-corrected chi connectivity index (χ0v) is 19.3. The minimum absolute atomic E-state index is 0.0659. The van der Waals surface area contributed by atoms with Crippen LogP contribution in [0.4, 0.5) is 0 Å². The molecule has 1 aromatic heterocycles. The average Bonchev–Trinajstić information content (AvgIpc) is 2.73. The van der Waals surface area contributed by atoms with Gasteiger partial charge in [0.05, 0.1) is 7.11 Å². The number of allylic oxidation sites excluding steroid dienone is 4.